The Kier molecular flexibility index (Phi) is 4.83. The maximum absolute atomic E-state index is 5.98. The second-order valence-electron chi connectivity index (χ2n) is 5.91. The van der Waals surface area contributed by atoms with Crippen LogP contribution in [0.15, 0.2) is 0 Å². The summed E-state index contributed by atoms with van der Waals surface area (Å²) < 4.78 is 5.83. The van der Waals surface area contributed by atoms with E-state index in [0.717, 1.165) is 19.6 Å². The van der Waals surface area contributed by atoms with Crippen molar-refractivity contribution in [3.05, 3.63) is 0 Å². The number of hydrogen-bond donors (Lipinski definition) is 1. The topological polar surface area (TPSA) is 38.5 Å². The molecule has 0 spiro atoms. The first-order valence-electron chi connectivity index (χ1n) is 7.30. The predicted molar refractivity (Wildman–Crippen MR) is 71.0 cm³/mol. The van der Waals surface area contributed by atoms with Crippen molar-refractivity contribution in [1.29, 1.82) is 0 Å². The van der Waals surface area contributed by atoms with Crippen molar-refractivity contribution in [3.8, 4) is 0 Å². The Bertz CT molecular complexity index is 224. The zero-order chi connectivity index (χ0) is 12.3. The van der Waals surface area contributed by atoms with E-state index >= 15 is 0 Å². The van der Waals surface area contributed by atoms with E-state index in [1.165, 1.54) is 32.1 Å². The molecule has 1 saturated heterocycles. The molecular weight excluding hydrogens is 212 g/mol. The van der Waals surface area contributed by atoms with Crippen LogP contribution in [0.2, 0.25) is 0 Å². The molecule has 1 aliphatic heterocycles. The zero-order valence-corrected chi connectivity index (χ0v) is 11.4. The van der Waals surface area contributed by atoms with Gasteiger partial charge in [0.05, 0.1) is 12.2 Å². The third kappa shape index (κ3) is 3.43. The lowest BCUT2D eigenvalue weighted by Crippen LogP contribution is -2.53. The third-order valence-corrected chi connectivity index (χ3v) is 4.34. The van der Waals surface area contributed by atoms with Gasteiger partial charge in [-0.2, -0.15) is 0 Å². The molecule has 2 unspecified atom stereocenters. The summed E-state index contributed by atoms with van der Waals surface area (Å²) in [5, 5.41) is 0. The van der Waals surface area contributed by atoms with Gasteiger partial charge in [-0.25, -0.2) is 0 Å². The molecule has 0 bridgehead atoms. The number of ether oxygens (including phenoxy) is 1. The molecule has 0 aromatic rings. The van der Waals surface area contributed by atoms with Crippen LogP contribution in [-0.4, -0.2) is 42.8 Å². The summed E-state index contributed by atoms with van der Waals surface area (Å²) in [6, 6.07) is 0.705. The zero-order valence-electron chi connectivity index (χ0n) is 11.4. The largest absolute Gasteiger partial charge is 0.373 e. The highest BCUT2D eigenvalue weighted by atomic mass is 16.5. The fraction of sp³-hybridized carbons (Fsp3) is 1.00. The average molecular weight is 240 g/mol. The van der Waals surface area contributed by atoms with Crippen molar-refractivity contribution in [1.82, 2.24) is 4.90 Å². The molecule has 2 fully saturated rings. The van der Waals surface area contributed by atoms with Gasteiger partial charge in [0.25, 0.3) is 0 Å². The SMILES string of the molecule is C[C@@H]1CN(C2CCCCCC2CN)C[C@H](C)O1. The summed E-state index contributed by atoms with van der Waals surface area (Å²) in [5.41, 5.74) is 5.98. The minimum absolute atomic E-state index is 0.375. The summed E-state index contributed by atoms with van der Waals surface area (Å²) in [5.74, 6) is 0.704. The summed E-state index contributed by atoms with van der Waals surface area (Å²) in [7, 11) is 0. The van der Waals surface area contributed by atoms with Crippen LogP contribution in [0.25, 0.3) is 0 Å². The Morgan fingerprint density at radius 2 is 1.71 bits per heavy atom. The van der Waals surface area contributed by atoms with E-state index in [-0.39, 0.29) is 0 Å². The van der Waals surface area contributed by atoms with Crippen molar-refractivity contribution < 1.29 is 4.74 Å². The van der Waals surface area contributed by atoms with Crippen molar-refractivity contribution in [2.75, 3.05) is 19.6 Å². The number of nitrogens with zero attached hydrogens (tertiary/aromatic N) is 1. The molecule has 0 amide bonds. The summed E-state index contributed by atoms with van der Waals surface area (Å²) in [6.07, 6.45) is 7.54. The lowest BCUT2D eigenvalue weighted by Gasteiger charge is -2.42. The Balaban J connectivity index is 2.01. The van der Waals surface area contributed by atoms with E-state index in [1.54, 1.807) is 0 Å². The van der Waals surface area contributed by atoms with Crippen molar-refractivity contribution >= 4 is 0 Å². The van der Waals surface area contributed by atoms with Crippen molar-refractivity contribution in [2.45, 2.75) is 64.2 Å². The fourth-order valence-corrected chi connectivity index (χ4v) is 3.61. The van der Waals surface area contributed by atoms with Crippen LogP contribution in [0, 0.1) is 5.92 Å². The number of rotatable bonds is 2. The van der Waals surface area contributed by atoms with E-state index in [1.807, 2.05) is 0 Å². The summed E-state index contributed by atoms with van der Waals surface area (Å²) >= 11 is 0. The van der Waals surface area contributed by atoms with Gasteiger partial charge in [-0.3, -0.25) is 4.90 Å². The Hall–Kier alpha value is -0.120. The molecule has 1 heterocycles. The maximum atomic E-state index is 5.98. The van der Waals surface area contributed by atoms with Gasteiger partial charge in [-0.1, -0.05) is 19.3 Å². The smallest absolute Gasteiger partial charge is 0.0678 e. The van der Waals surface area contributed by atoms with Crippen LogP contribution in [0.5, 0.6) is 0 Å². The minimum atomic E-state index is 0.375. The van der Waals surface area contributed by atoms with Gasteiger partial charge < -0.3 is 10.5 Å². The van der Waals surface area contributed by atoms with Gasteiger partial charge in [0.15, 0.2) is 0 Å². The number of morpholine rings is 1. The second-order valence-corrected chi connectivity index (χ2v) is 5.91. The highest BCUT2D eigenvalue weighted by Crippen LogP contribution is 2.28. The van der Waals surface area contributed by atoms with Crippen molar-refractivity contribution in [2.24, 2.45) is 11.7 Å². The lowest BCUT2D eigenvalue weighted by atomic mass is 9.92. The predicted octanol–water partition coefficient (Wildman–Crippen LogP) is 2.00. The molecule has 1 aliphatic carbocycles. The molecule has 1 saturated carbocycles. The average Bonchev–Trinajstić information content (AvgIpc) is 2.52. The Labute approximate surface area is 106 Å². The third-order valence-electron chi connectivity index (χ3n) is 4.34. The van der Waals surface area contributed by atoms with Gasteiger partial charge in [-0.05, 0) is 39.2 Å². The molecular formula is C14H28N2O. The number of hydrogen-bond acceptors (Lipinski definition) is 3. The first-order chi connectivity index (χ1) is 8.20. The fourth-order valence-electron chi connectivity index (χ4n) is 3.61. The molecule has 2 rings (SSSR count). The normalized spacial score (nSPS) is 41.1. The van der Waals surface area contributed by atoms with Gasteiger partial charge in [0.1, 0.15) is 0 Å². The first-order valence-corrected chi connectivity index (χ1v) is 7.30. The molecule has 0 aromatic carbocycles. The van der Waals surface area contributed by atoms with Crippen LogP contribution in [0.3, 0.4) is 0 Å². The molecule has 17 heavy (non-hydrogen) atoms. The lowest BCUT2D eigenvalue weighted by molar-refractivity contribution is -0.0874. The molecule has 0 radical (unpaired) electrons. The van der Waals surface area contributed by atoms with Crippen LogP contribution in [0.4, 0.5) is 0 Å². The Morgan fingerprint density at radius 3 is 2.35 bits per heavy atom. The standard InChI is InChI=1S/C14H28N2O/c1-11-9-16(10-12(2)17-11)14-7-5-3-4-6-13(14)8-15/h11-14H,3-10,15H2,1-2H3/t11-,12+,13?,14?. The summed E-state index contributed by atoms with van der Waals surface area (Å²) in [4.78, 5) is 2.65. The van der Waals surface area contributed by atoms with E-state index in [4.69, 9.17) is 10.5 Å². The van der Waals surface area contributed by atoms with Gasteiger partial charge in [0, 0.05) is 19.1 Å². The molecule has 2 aliphatic rings. The highest BCUT2D eigenvalue weighted by Gasteiger charge is 2.32. The molecule has 3 heteroatoms. The maximum Gasteiger partial charge on any atom is 0.0678 e. The van der Waals surface area contributed by atoms with Gasteiger partial charge in [0.2, 0.25) is 0 Å². The minimum Gasteiger partial charge on any atom is -0.373 e. The van der Waals surface area contributed by atoms with E-state index in [0.29, 0.717) is 24.2 Å². The van der Waals surface area contributed by atoms with Crippen molar-refractivity contribution in [3.63, 3.8) is 0 Å². The Morgan fingerprint density at radius 1 is 1.06 bits per heavy atom. The first kappa shape index (κ1) is 13.3. The van der Waals surface area contributed by atoms with Crippen LogP contribution < -0.4 is 5.73 Å². The van der Waals surface area contributed by atoms with Crippen LogP contribution in [0.1, 0.15) is 46.0 Å². The van der Waals surface area contributed by atoms with Gasteiger partial charge in [-0.15, -0.1) is 0 Å². The van der Waals surface area contributed by atoms with E-state index in [9.17, 15) is 0 Å². The molecule has 3 nitrogen and oxygen atoms in total. The van der Waals surface area contributed by atoms with Gasteiger partial charge >= 0.3 is 0 Å². The monoisotopic (exact) mass is 240 g/mol. The molecule has 100 valence electrons. The quantitative estimate of drug-likeness (QED) is 0.750. The van der Waals surface area contributed by atoms with E-state index < -0.39 is 0 Å². The molecule has 4 atom stereocenters. The van der Waals surface area contributed by atoms with Crippen LogP contribution in [-0.2, 0) is 4.74 Å². The molecule has 2 N–H and O–H groups in total. The second kappa shape index (κ2) is 6.17. The molecule has 0 aromatic heterocycles. The highest BCUT2D eigenvalue weighted by molar-refractivity contribution is 4.86. The summed E-state index contributed by atoms with van der Waals surface area (Å²) in [6.45, 7) is 7.41. The van der Waals surface area contributed by atoms with Crippen LogP contribution >= 0.6 is 0 Å². The number of nitrogens with two attached hydrogens (primary N) is 1. The van der Waals surface area contributed by atoms with E-state index in [2.05, 4.69) is 18.7 Å².